The van der Waals surface area contributed by atoms with Crippen LogP contribution in [0.2, 0.25) is 0 Å². The Morgan fingerprint density at radius 2 is 1.61 bits per heavy atom. The van der Waals surface area contributed by atoms with Crippen LogP contribution in [-0.4, -0.2) is 51.4 Å². The molecule has 1 saturated carbocycles. The summed E-state index contributed by atoms with van der Waals surface area (Å²) in [6.07, 6.45) is 0.496. The molecule has 218 valence electrons. The van der Waals surface area contributed by atoms with Gasteiger partial charge in [-0.15, -0.1) is 0 Å². The largest absolute Gasteiger partial charge is 0.471 e. The molecule has 2 amide bonds. The first-order chi connectivity index (χ1) is 19.6. The van der Waals surface area contributed by atoms with Gasteiger partial charge in [-0.1, -0.05) is 62.4 Å². The SMILES string of the molecule is CC1CC(C)CC(C(=O)N2CC[C@H](N(Cc3ccnc4ccccc34)C(=O)C(F)(F)F)C[C@H]2Cc2ccccc2)C1. The highest BCUT2D eigenvalue weighted by atomic mass is 19.4. The molecule has 0 radical (unpaired) electrons. The van der Waals surface area contributed by atoms with Crippen LogP contribution in [0.15, 0.2) is 66.9 Å². The van der Waals surface area contributed by atoms with E-state index in [9.17, 15) is 22.8 Å². The molecule has 0 bridgehead atoms. The number of rotatable bonds is 6. The smallest absolute Gasteiger partial charge is 0.339 e. The lowest BCUT2D eigenvalue weighted by Crippen LogP contribution is -2.56. The number of halogens is 3. The van der Waals surface area contributed by atoms with Gasteiger partial charge in [0.05, 0.1) is 5.52 Å². The predicted molar refractivity (Wildman–Crippen MR) is 153 cm³/mol. The number of fused-ring (bicyclic) bond motifs is 1. The van der Waals surface area contributed by atoms with E-state index < -0.39 is 18.1 Å². The Bertz CT molecular complexity index is 1350. The molecule has 2 unspecified atom stereocenters. The normalized spacial score (nSPS) is 25.2. The van der Waals surface area contributed by atoms with E-state index in [4.69, 9.17) is 0 Å². The number of alkyl halides is 3. The summed E-state index contributed by atoms with van der Waals surface area (Å²) in [5.41, 5.74) is 2.31. The van der Waals surface area contributed by atoms with Gasteiger partial charge in [0, 0.05) is 42.7 Å². The molecule has 41 heavy (non-hydrogen) atoms. The molecular formula is C33H38F3N3O2. The van der Waals surface area contributed by atoms with Crippen LogP contribution in [0.5, 0.6) is 0 Å². The van der Waals surface area contributed by atoms with E-state index in [1.54, 1.807) is 12.3 Å². The topological polar surface area (TPSA) is 53.5 Å². The fraction of sp³-hybridized carbons (Fsp3) is 0.485. The maximum atomic E-state index is 14.0. The number of hydrogen-bond acceptors (Lipinski definition) is 3. The molecule has 5 nitrogen and oxygen atoms in total. The second-order valence-corrected chi connectivity index (χ2v) is 12.1. The van der Waals surface area contributed by atoms with Crippen LogP contribution in [0, 0.1) is 17.8 Å². The van der Waals surface area contributed by atoms with Gasteiger partial charge in [-0.25, -0.2) is 0 Å². The molecule has 3 aromatic rings. The summed E-state index contributed by atoms with van der Waals surface area (Å²) in [6.45, 7) is 4.54. The van der Waals surface area contributed by atoms with Crippen molar-refractivity contribution in [3.63, 3.8) is 0 Å². The summed E-state index contributed by atoms with van der Waals surface area (Å²) in [5, 5.41) is 0.726. The van der Waals surface area contributed by atoms with Crippen molar-refractivity contribution >= 4 is 22.7 Å². The molecule has 1 aliphatic heterocycles. The molecule has 0 N–H and O–H groups in total. The van der Waals surface area contributed by atoms with Crippen LogP contribution in [-0.2, 0) is 22.6 Å². The average Bonchev–Trinajstić information content (AvgIpc) is 2.95. The van der Waals surface area contributed by atoms with Gasteiger partial charge in [-0.2, -0.15) is 13.2 Å². The van der Waals surface area contributed by atoms with Crippen molar-refractivity contribution in [2.75, 3.05) is 6.54 Å². The fourth-order valence-electron chi connectivity index (χ4n) is 7.07. The number of para-hydroxylation sites is 1. The van der Waals surface area contributed by atoms with Gasteiger partial charge in [0.25, 0.3) is 0 Å². The van der Waals surface area contributed by atoms with Crippen LogP contribution < -0.4 is 0 Å². The third-order valence-electron chi connectivity index (χ3n) is 8.84. The van der Waals surface area contributed by atoms with Crippen LogP contribution in [0.1, 0.15) is 57.1 Å². The Labute approximate surface area is 239 Å². The van der Waals surface area contributed by atoms with Crippen LogP contribution in [0.4, 0.5) is 13.2 Å². The lowest BCUT2D eigenvalue weighted by molar-refractivity contribution is -0.190. The zero-order valence-electron chi connectivity index (χ0n) is 23.7. The van der Waals surface area contributed by atoms with Crippen molar-refractivity contribution in [3.8, 4) is 0 Å². The minimum atomic E-state index is -5.00. The first-order valence-electron chi connectivity index (χ1n) is 14.6. The molecule has 8 heteroatoms. The van der Waals surface area contributed by atoms with Gasteiger partial charge in [-0.05, 0) is 73.6 Å². The lowest BCUT2D eigenvalue weighted by atomic mass is 9.75. The fourth-order valence-corrected chi connectivity index (χ4v) is 7.07. The number of likely N-dealkylation sites (tertiary alicyclic amines) is 1. The summed E-state index contributed by atoms with van der Waals surface area (Å²) >= 11 is 0. The minimum Gasteiger partial charge on any atom is -0.339 e. The van der Waals surface area contributed by atoms with E-state index in [0.717, 1.165) is 35.1 Å². The number of benzene rings is 2. The van der Waals surface area contributed by atoms with Crippen molar-refractivity contribution in [2.24, 2.45) is 17.8 Å². The molecule has 2 aromatic carbocycles. The van der Waals surface area contributed by atoms with Gasteiger partial charge in [0.1, 0.15) is 0 Å². The van der Waals surface area contributed by atoms with Gasteiger partial charge in [0.15, 0.2) is 0 Å². The molecule has 1 aromatic heterocycles. The number of carbonyl (C=O) groups excluding carboxylic acids is 2. The Morgan fingerprint density at radius 1 is 0.927 bits per heavy atom. The van der Waals surface area contributed by atoms with Crippen molar-refractivity contribution in [1.29, 1.82) is 0 Å². The van der Waals surface area contributed by atoms with Crippen molar-refractivity contribution in [1.82, 2.24) is 14.8 Å². The number of carbonyl (C=O) groups is 2. The van der Waals surface area contributed by atoms with E-state index in [1.165, 1.54) is 0 Å². The van der Waals surface area contributed by atoms with Crippen LogP contribution in [0.25, 0.3) is 10.9 Å². The van der Waals surface area contributed by atoms with Crippen molar-refractivity contribution in [2.45, 2.75) is 77.2 Å². The second kappa shape index (κ2) is 12.2. The van der Waals surface area contributed by atoms with Crippen molar-refractivity contribution < 1.29 is 22.8 Å². The first kappa shape index (κ1) is 29.1. The molecular weight excluding hydrogens is 527 g/mol. The Morgan fingerprint density at radius 3 is 2.32 bits per heavy atom. The van der Waals surface area contributed by atoms with E-state index in [2.05, 4.69) is 18.8 Å². The number of piperidine rings is 1. The van der Waals surface area contributed by atoms with E-state index >= 15 is 0 Å². The number of hydrogen-bond donors (Lipinski definition) is 0. The standard InChI is InChI=1S/C33H38F3N3O2/c1-22-16-23(2)18-26(17-22)31(40)38-15-13-27(20-28(38)19-24-8-4-3-5-9-24)39(32(41)33(34,35)36)21-25-12-14-37-30-11-7-6-10-29(25)30/h3-12,14,22-23,26-28H,13,15-21H2,1-2H3/t22?,23?,26?,27-,28+/m0/s1. The monoisotopic (exact) mass is 565 g/mol. The van der Waals surface area contributed by atoms with E-state index in [-0.39, 0.29) is 24.4 Å². The summed E-state index contributed by atoms with van der Waals surface area (Å²) in [5.74, 6) is -0.867. The summed E-state index contributed by atoms with van der Waals surface area (Å²) < 4.78 is 41.9. The number of amides is 2. The van der Waals surface area contributed by atoms with Gasteiger partial charge in [-0.3, -0.25) is 14.6 Å². The van der Waals surface area contributed by atoms with Crippen LogP contribution >= 0.6 is 0 Å². The quantitative estimate of drug-likeness (QED) is 0.330. The zero-order chi connectivity index (χ0) is 29.1. The van der Waals surface area contributed by atoms with Gasteiger partial charge in [0.2, 0.25) is 5.91 Å². The van der Waals surface area contributed by atoms with Gasteiger partial charge >= 0.3 is 12.1 Å². The third kappa shape index (κ3) is 6.74. The summed E-state index contributed by atoms with van der Waals surface area (Å²) in [7, 11) is 0. The average molecular weight is 566 g/mol. The highest BCUT2D eigenvalue weighted by Gasteiger charge is 2.47. The Kier molecular flexibility index (Phi) is 8.66. The molecule has 0 spiro atoms. The first-order valence-corrected chi connectivity index (χ1v) is 14.6. The highest BCUT2D eigenvalue weighted by Crippen LogP contribution is 2.37. The maximum absolute atomic E-state index is 14.0. The number of pyridine rings is 1. The minimum absolute atomic E-state index is 0.0698. The Hall–Kier alpha value is -3.42. The second-order valence-electron chi connectivity index (χ2n) is 12.1. The molecule has 2 fully saturated rings. The molecule has 1 saturated heterocycles. The summed E-state index contributed by atoms with van der Waals surface area (Å²) in [4.78, 5) is 34.1. The summed E-state index contributed by atoms with van der Waals surface area (Å²) in [6, 6.07) is 17.8. The lowest BCUT2D eigenvalue weighted by Gasteiger charge is -2.45. The van der Waals surface area contributed by atoms with E-state index in [0.29, 0.717) is 48.7 Å². The maximum Gasteiger partial charge on any atom is 0.471 e. The molecule has 1 aliphatic carbocycles. The number of aromatic nitrogens is 1. The zero-order valence-corrected chi connectivity index (χ0v) is 23.7. The van der Waals surface area contributed by atoms with Crippen molar-refractivity contribution in [3.05, 3.63) is 78.0 Å². The third-order valence-corrected chi connectivity index (χ3v) is 8.84. The molecule has 2 heterocycles. The Balaban J connectivity index is 1.44. The molecule has 2 aliphatic rings. The molecule has 5 rings (SSSR count). The van der Waals surface area contributed by atoms with Gasteiger partial charge < -0.3 is 9.80 Å². The van der Waals surface area contributed by atoms with Crippen LogP contribution in [0.3, 0.4) is 0 Å². The molecule has 4 atom stereocenters. The predicted octanol–water partition coefficient (Wildman–Crippen LogP) is 6.80. The number of nitrogens with zero attached hydrogens (tertiary/aromatic N) is 3. The van der Waals surface area contributed by atoms with E-state index in [1.807, 2.05) is 59.5 Å². The highest BCUT2D eigenvalue weighted by molar-refractivity contribution is 5.85.